The lowest BCUT2D eigenvalue weighted by atomic mass is 9.97. The van der Waals surface area contributed by atoms with E-state index in [9.17, 15) is 4.79 Å². The molecule has 0 amide bonds. The summed E-state index contributed by atoms with van der Waals surface area (Å²) in [5, 5.41) is 2.22. The topological polar surface area (TPSA) is 52.3 Å². The van der Waals surface area contributed by atoms with E-state index >= 15 is 0 Å². The van der Waals surface area contributed by atoms with Gasteiger partial charge in [0.05, 0.1) is 13.5 Å². The number of benzene rings is 2. The number of rotatable bonds is 3. The third kappa shape index (κ3) is 3.00. The van der Waals surface area contributed by atoms with E-state index in [0.717, 1.165) is 16.3 Å². The monoisotopic (exact) mass is 265 g/mol. The van der Waals surface area contributed by atoms with E-state index in [4.69, 9.17) is 5.73 Å². The van der Waals surface area contributed by atoms with Gasteiger partial charge in [-0.2, -0.15) is 0 Å². The van der Waals surface area contributed by atoms with Crippen molar-refractivity contribution in [3.63, 3.8) is 0 Å². The van der Waals surface area contributed by atoms with Crippen LogP contribution in [-0.2, 0) is 9.53 Å². The lowest BCUT2D eigenvalue weighted by Gasteiger charge is -2.13. The zero-order valence-electron chi connectivity index (χ0n) is 10.1. The van der Waals surface area contributed by atoms with Crippen molar-refractivity contribution in [2.75, 3.05) is 7.11 Å². The number of ether oxygens (including phenoxy) is 1. The maximum absolute atomic E-state index is 11.2. The van der Waals surface area contributed by atoms with Crippen LogP contribution in [0.1, 0.15) is 18.0 Å². The van der Waals surface area contributed by atoms with Crippen LogP contribution in [0.5, 0.6) is 0 Å². The molecule has 0 bridgehead atoms. The van der Waals surface area contributed by atoms with Crippen molar-refractivity contribution in [2.24, 2.45) is 5.73 Å². The minimum atomic E-state index is -0.325. The molecule has 0 aliphatic carbocycles. The SMILES string of the molecule is COC(=O)C[C@H](N)c1cccc2ccccc12.Cl. The highest BCUT2D eigenvalue weighted by atomic mass is 35.5. The van der Waals surface area contributed by atoms with Gasteiger partial charge in [0.15, 0.2) is 0 Å². The van der Waals surface area contributed by atoms with Gasteiger partial charge in [-0.1, -0.05) is 42.5 Å². The number of hydrogen-bond donors (Lipinski definition) is 1. The molecule has 96 valence electrons. The van der Waals surface area contributed by atoms with Crippen LogP contribution in [0.4, 0.5) is 0 Å². The van der Waals surface area contributed by atoms with E-state index in [-0.39, 0.29) is 30.8 Å². The van der Waals surface area contributed by atoms with Gasteiger partial charge in [-0.05, 0) is 16.3 Å². The Balaban J connectivity index is 0.00000162. The molecule has 0 unspecified atom stereocenters. The van der Waals surface area contributed by atoms with Gasteiger partial charge in [0.1, 0.15) is 0 Å². The normalized spacial score (nSPS) is 11.7. The minimum absolute atomic E-state index is 0. The van der Waals surface area contributed by atoms with Crippen molar-refractivity contribution in [2.45, 2.75) is 12.5 Å². The first-order valence-electron chi connectivity index (χ1n) is 5.52. The molecule has 2 rings (SSSR count). The van der Waals surface area contributed by atoms with Gasteiger partial charge in [0, 0.05) is 6.04 Å². The Morgan fingerprint density at radius 1 is 1.22 bits per heavy atom. The summed E-state index contributed by atoms with van der Waals surface area (Å²) < 4.78 is 4.64. The molecule has 2 aromatic rings. The third-order valence-electron chi connectivity index (χ3n) is 2.84. The second kappa shape index (κ2) is 6.38. The van der Waals surface area contributed by atoms with Crippen LogP contribution in [0.2, 0.25) is 0 Å². The maximum Gasteiger partial charge on any atom is 0.307 e. The van der Waals surface area contributed by atoms with Gasteiger partial charge in [0.2, 0.25) is 0 Å². The lowest BCUT2D eigenvalue weighted by Crippen LogP contribution is -2.16. The Morgan fingerprint density at radius 3 is 2.61 bits per heavy atom. The van der Waals surface area contributed by atoms with Crippen LogP contribution < -0.4 is 5.73 Å². The summed E-state index contributed by atoms with van der Waals surface area (Å²) in [6.45, 7) is 0. The number of nitrogens with two attached hydrogens (primary N) is 1. The number of hydrogen-bond acceptors (Lipinski definition) is 3. The minimum Gasteiger partial charge on any atom is -0.469 e. The van der Waals surface area contributed by atoms with Gasteiger partial charge in [-0.15, -0.1) is 12.4 Å². The van der Waals surface area contributed by atoms with E-state index in [1.165, 1.54) is 7.11 Å². The van der Waals surface area contributed by atoms with Crippen LogP contribution >= 0.6 is 12.4 Å². The average Bonchev–Trinajstić information content (AvgIpc) is 2.37. The first-order chi connectivity index (χ1) is 8.22. The number of halogens is 1. The first-order valence-corrected chi connectivity index (χ1v) is 5.52. The van der Waals surface area contributed by atoms with E-state index in [1.807, 2.05) is 42.5 Å². The Bertz CT molecular complexity index is 537. The van der Waals surface area contributed by atoms with E-state index in [1.54, 1.807) is 0 Å². The van der Waals surface area contributed by atoms with Crippen molar-refractivity contribution in [3.05, 3.63) is 48.0 Å². The molecular weight excluding hydrogens is 250 g/mol. The number of carbonyl (C=O) groups excluding carboxylic acids is 1. The standard InChI is InChI=1S/C14H15NO2.ClH/c1-17-14(16)9-13(15)12-8-4-6-10-5-2-3-7-11(10)12;/h2-8,13H,9,15H2,1H3;1H/t13-;/m0./s1. The smallest absolute Gasteiger partial charge is 0.307 e. The van der Waals surface area contributed by atoms with Gasteiger partial charge in [0.25, 0.3) is 0 Å². The number of esters is 1. The van der Waals surface area contributed by atoms with Crippen LogP contribution in [0.25, 0.3) is 10.8 Å². The highest BCUT2D eigenvalue weighted by Crippen LogP contribution is 2.24. The molecule has 0 aliphatic heterocycles. The Morgan fingerprint density at radius 2 is 1.89 bits per heavy atom. The van der Waals surface area contributed by atoms with E-state index in [0.29, 0.717) is 0 Å². The number of methoxy groups -OCH3 is 1. The summed E-state index contributed by atoms with van der Waals surface area (Å²) in [6, 6.07) is 13.6. The Kier molecular flexibility index (Phi) is 5.13. The van der Waals surface area contributed by atoms with E-state index < -0.39 is 0 Å². The van der Waals surface area contributed by atoms with Crippen LogP contribution in [-0.4, -0.2) is 13.1 Å². The average molecular weight is 266 g/mol. The molecule has 0 fully saturated rings. The molecule has 2 N–H and O–H groups in total. The molecule has 0 heterocycles. The molecule has 1 atom stereocenters. The zero-order chi connectivity index (χ0) is 12.3. The third-order valence-corrected chi connectivity index (χ3v) is 2.84. The van der Waals surface area contributed by atoms with Crippen LogP contribution in [0.15, 0.2) is 42.5 Å². The fraction of sp³-hybridized carbons (Fsp3) is 0.214. The summed E-state index contributed by atoms with van der Waals surface area (Å²) >= 11 is 0. The van der Waals surface area contributed by atoms with Crippen LogP contribution in [0.3, 0.4) is 0 Å². The van der Waals surface area contributed by atoms with Crippen molar-refractivity contribution in [3.8, 4) is 0 Å². The molecule has 3 nitrogen and oxygen atoms in total. The molecule has 0 aliphatic rings. The van der Waals surface area contributed by atoms with Gasteiger partial charge < -0.3 is 10.5 Å². The van der Waals surface area contributed by atoms with Gasteiger partial charge in [-0.25, -0.2) is 0 Å². The fourth-order valence-electron chi connectivity index (χ4n) is 1.95. The van der Waals surface area contributed by atoms with Crippen molar-refractivity contribution in [1.29, 1.82) is 0 Å². The summed E-state index contributed by atoms with van der Waals surface area (Å²) in [4.78, 5) is 11.2. The molecule has 4 heteroatoms. The quantitative estimate of drug-likeness (QED) is 0.869. The van der Waals surface area contributed by atoms with Crippen molar-refractivity contribution < 1.29 is 9.53 Å². The number of carbonyl (C=O) groups is 1. The first kappa shape index (κ1) is 14.5. The predicted molar refractivity (Wildman–Crippen MR) is 74.8 cm³/mol. The lowest BCUT2D eigenvalue weighted by molar-refractivity contribution is -0.141. The molecule has 0 spiro atoms. The van der Waals surface area contributed by atoms with Gasteiger partial charge in [-0.3, -0.25) is 4.79 Å². The summed E-state index contributed by atoms with van der Waals surface area (Å²) in [7, 11) is 1.37. The van der Waals surface area contributed by atoms with Crippen LogP contribution in [0, 0.1) is 0 Å². The van der Waals surface area contributed by atoms with Gasteiger partial charge >= 0.3 is 5.97 Å². The molecule has 18 heavy (non-hydrogen) atoms. The Labute approximate surface area is 112 Å². The molecule has 0 radical (unpaired) electrons. The molecular formula is C14H16ClNO2. The molecule has 0 saturated heterocycles. The predicted octanol–water partition coefficient (Wildman–Crippen LogP) is 2.82. The number of fused-ring (bicyclic) bond motifs is 1. The summed E-state index contributed by atoms with van der Waals surface area (Å²) in [5.74, 6) is -0.287. The van der Waals surface area contributed by atoms with Crippen molar-refractivity contribution >= 4 is 29.1 Å². The molecule has 0 aromatic heterocycles. The zero-order valence-corrected chi connectivity index (χ0v) is 10.9. The molecule has 0 saturated carbocycles. The molecule has 2 aromatic carbocycles. The maximum atomic E-state index is 11.2. The fourth-order valence-corrected chi connectivity index (χ4v) is 1.95. The second-order valence-electron chi connectivity index (χ2n) is 3.96. The Hall–Kier alpha value is -1.58. The highest BCUT2D eigenvalue weighted by molar-refractivity contribution is 5.86. The van der Waals surface area contributed by atoms with Crippen molar-refractivity contribution in [1.82, 2.24) is 0 Å². The largest absolute Gasteiger partial charge is 0.469 e. The second-order valence-corrected chi connectivity index (χ2v) is 3.96. The van der Waals surface area contributed by atoms with E-state index in [2.05, 4.69) is 4.74 Å². The highest BCUT2D eigenvalue weighted by Gasteiger charge is 2.13. The summed E-state index contributed by atoms with van der Waals surface area (Å²) in [5.41, 5.74) is 7.02. The summed E-state index contributed by atoms with van der Waals surface area (Å²) in [6.07, 6.45) is 0.199.